The van der Waals surface area contributed by atoms with Crippen LogP contribution in [0.1, 0.15) is 49.4 Å². The van der Waals surface area contributed by atoms with Crippen LogP contribution in [0.2, 0.25) is 0 Å². The van der Waals surface area contributed by atoms with Crippen LogP contribution in [0, 0.1) is 0 Å². The molecule has 0 radical (unpaired) electrons. The summed E-state index contributed by atoms with van der Waals surface area (Å²) < 4.78 is 27.6. The predicted octanol–water partition coefficient (Wildman–Crippen LogP) is -0.0676. The summed E-state index contributed by atoms with van der Waals surface area (Å²) in [6.45, 7) is 2.05. The zero-order valence-electron chi connectivity index (χ0n) is 34.5. The molecule has 5 amide bonds. The molecule has 0 saturated carbocycles. The highest BCUT2D eigenvalue weighted by Crippen LogP contribution is 2.31. The van der Waals surface area contributed by atoms with Gasteiger partial charge in [-0.05, 0) is 37.6 Å². The van der Waals surface area contributed by atoms with Crippen LogP contribution in [-0.2, 0) is 33.6 Å². The number of carboxylic acid groups (broad SMARTS) is 3. The SMILES string of the molecule is CC1CC(F)(F)CN1C(=O)CNC(=O)c1ccnc2ccc(NC(=O)CCC(=O)N3CCN(C(=O)CCC(C(=O)O)N4CCN(CC(=O)O)CCN(CC(=O)O)CC4)CC3)cc12. The van der Waals surface area contributed by atoms with Crippen LogP contribution in [0.25, 0.3) is 10.9 Å². The molecule has 2 unspecified atom stereocenters. The van der Waals surface area contributed by atoms with Crippen LogP contribution in [0.15, 0.2) is 30.5 Å². The van der Waals surface area contributed by atoms with E-state index in [2.05, 4.69) is 15.6 Å². The molecular weight excluding hydrogens is 820 g/mol. The maximum absolute atomic E-state index is 13.8. The number of nitrogens with one attached hydrogen (secondary N) is 2. The Labute approximate surface area is 355 Å². The maximum Gasteiger partial charge on any atom is 0.320 e. The van der Waals surface area contributed by atoms with Crippen molar-refractivity contribution in [2.45, 2.75) is 57.0 Å². The lowest BCUT2D eigenvalue weighted by atomic mass is 10.1. The van der Waals surface area contributed by atoms with Crippen molar-refractivity contribution >= 4 is 64.0 Å². The van der Waals surface area contributed by atoms with E-state index in [9.17, 15) is 62.5 Å². The quantitative estimate of drug-likeness (QED) is 0.148. The Hall–Kier alpha value is -5.87. The van der Waals surface area contributed by atoms with Crippen LogP contribution >= 0.6 is 0 Å². The second-order valence-electron chi connectivity index (χ2n) is 15.8. The zero-order chi connectivity index (χ0) is 45.1. The molecule has 3 fully saturated rings. The van der Waals surface area contributed by atoms with E-state index in [0.29, 0.717) is 29.7 Å². The lowest BCUT2D eigenvalue weighted by molar-refractivity contribution is -0.145. The zero-order valence-corrected chi connectivity index (χ0v) is 34.5. The summed E-state index contributed by atoms with van der Waals surface area (Å²) >= 11 is 0. The first-order chi connectivity index (χ1) is 29.4. The van der Waals surface area contributed by atoms with Gasteiger partial charge in [0, 0.05) is 114 Å². The van der Waals surface area contributed by atoms with Crippen molar-refractivity contribution in [3.8, 4) is 0 Å². The minimum Gasteiger partial charge on any atom is -0.480 e. The van der Waals surface area contributed by atoms with E-state index in [0.717, 1.165) is 4.90 Å². The fraction of sp³-hybridized carbons (Fsp3) is 0.575. The van der Waals surface area contributed by atoms with Gasteiger partial charge in [0.25, 0.3) is 11.8 Å². The Balaban J connectivity index is 1.07. The predicted molar refractivity (Wildman–Crippen MR) is 216 cm³/mol. The Morgan fingerprint density at radius 1 is 0.774 bits per heavy atom. The number of carboxylic acids is 3. The number of piperazine rings is 1. The highest BCUT2D eigenvalue weighted by atomic mass is 19.3. The Morgan fingerprint density at radius 2 is 1.35 bits per heavy atom. The molecule has 3 aliphatic rings. The first-order valence-corrected chi connectivity index (χ1v) is 20.4. The van der Waals surface area contributed by atoms with Gasteiger partial charge in [0.2, 0.25) is 23.6 Å². The first kappa shape index (κ1) is 47.2. The number of aromatic nitrogens is 1. The lowest BCUT2D eigenvalue weighted by Gasteiger charge is -2.35. The van der Waals surface area contributed by atoms with E-state index < -0.39 is 73.1 Å². The molecular formula is C40H53F2N9O11. The number of aliphatic carboxylic acids is 3. The summed E-state index contributed by atoms with van der Waals surface area (Å²) in [7, 11) is 0. The number of hydrogen-bond donors (Lipinski definition) is 5. The van der Waals surface area contributed by atoms with Crippen molar-refractivity contribution in [3.63, 3.8) is 0 Å². The summed E-state index contributed by atoms with van der Waals surface area (Å²) in [4.78, 5) is 113. The molecule has 1 aromatic carbocycles. The molecule has 20 nitrogen and oxygen atoms in total. The van der Waals surface area contributed by atoms with E-state index in [4.69, 9.17) is 0 Å². The third-order valence-corrected chi connectivity index (χ3v) is 11.3. The molecule has 1 aromatic heterocycles. The number of amides is 5. The number of carbonyl (C=O) groups excluding carboxylic acids is 5. The van der Waals surface area contributed by atoms with E-state index in [-0.39, 0.29) is 109 Å². The number of nitrogens with zero attached hydrogens (tertiary/aromatic N) is 7. The summed E-state index contributed by atoms with van der Waals surface area (Å²) in [5, 5.41) is 34.3. The fourth-order valence-electron chi connectivity index (χ4n) is 7.98. The average molecular weight is 874 g/mol. The molecule has 3 saturated heterocycles. The van der Waals surface area contributed by atoms with Gasteiger partial charge in [0.05, 0.1) is 37.3 Å². The van der Waals surface area contributed by atoms with Gasteiger partial charge in [0.15, 0.2) is 0 Å². The Bertz CT molecular complexity index is 1990. The van der Waals surface area contributed by atoms with Crippen LogP contribution in [0.4, 0.5) is 14.5 Å². The molecule has 0 spiro atoms. The molecule has 62 heavy (non-hydrogen) atoms. The average Bonchev–Trinajstić information content (AvgIpc) is 3.55. The van der Waals surface area contributed by atoms with Crippen LogP contribution in [-0.4, -0.2) is 207 Å². The maximum atomic E-state index is 13.8. The van der Waals surface area contributed by atoms with Crippen molar-refractivity contribution in [3.05, 3.63) is 36.0 Å². The smallest absolute Gasteiger partial charge is 0.320 e. The van der Waals surface area contributed by atoms with Gasteiger partial charge >= 0.3 is 17.9 Å². The minimum atomic E-state index is -2.99. The first-order valence-electron chi connectivity index (χ1n) is 20.4. The van der Waals surface area contributed by atoms with Crippen LogP contribution in [0.3, 0.4) is 0 Å². The molecule has 338 valence electrons. The number of benzene rings is 1. The number of rotatable bonds is 16. The summed E-state index contributed by atoms with van der Waals surface area (Å²) in [6, 6.07) is 4.37. The number of alkyl halides is 2. The van der Waals surface area contributed by atoms with Gasteiger partial charge in [-0.3, -0.25) is 58.0 Å². The van der Waals surface area contributed by atoms with E-state index in [1.54, 1.807) is 36.6 Å². The standard InChI is InChI=1S/C40H53F2N9O11/c1-26-21-40(41,42)25-51(26)35(55)22-44-38(60)28-8-9-43-30-3-2-27(20-29(28)30)45-32(52)5-7-34(54)50-18-16-49(17-19-50)33(53)6-4-31(39(61)62)48-14-12-46(23-36(56)57)10-11-47(13-15-48)24-37(58)59/h2-3,8-9,20,26,31H,4-7,10-19,21-25H2,1H3,(H,44,60)(H,45,52)(H,56,57)(H,58,59)(H,61,62). The summed E-state index contributed by atoms with van der Waals surface area (Å²) in [6.07, 6.45) is 0.528. The van der Waals surface area contributed by atoms with E-state index >= 15 is 0 Å². The highest BCUT2D eigenvalue weighted by molar-refractivity contribution is 6.08. The molecule has 5 rings (SSSR count). The summed E-state index contributed by atoms with van der Waals surface area (Å²) in [5.74, 6) is -8.62. The van der Waals surface area contributed by atoms with Crippen molar-refractivity contribution in [1.29, 1.82) is 0 Å². The van der Waals surface area contributed by atoms with Crippen molar-refractivity contribution < 1.29 is 62.5 Å². The van der Waals surface area contributed by atoms with Crippen molar-refractivity contribution in [2.24, 2.45) is 0 Å². The Morgan fingerprint density at radius 3 is 1.90 bits per heavy atom. The van der Waals surface area contributed by atoms with Gasteiger partial charge < -0.3 is 40.7 Å². The summed E-state index contributed by atoms with van der Waals surface area (Å²) in [5.41, 5.74) is 0.888. The van der Waals surface area contributed by atoms with Crippen LogP contribution in [0.5, 0.6) is 0 Å². The molecule has 4 heterocycles. The topological polar surface area (TPSA) is 254 Å². The van der Waals surface area contributed by atoms with E-state index in [1.165, 1.54) is 25.3 Å². The molecule has 0 bridgehead atoms. The number of likely N-dealkylation sites (tertiary alicyclic amines) is 1. The third-order valence-electron chi connectivity index (χ3n) is 11.3. The number of halogens is 2. The molecule has 3 aliphatic heterocycles. The van der Waals surface area contributed by atoms with Gasteiger partial charge in [-0.1, -0.05) is 0 Å². The second-order valence-corrected chi connectivity index (χ2v) is 15.8. The van der Waals surface area contributed by atoms with Gasteiger partial charge in [-0.15, -0.1) is 0 Å². The van der Waals surface area contributed by atoms with Crippen molar-refractivity contribution in [1.82, 2.24) is 39.7 Å². The molecule has 0 aliphatic carbocycles. The van der Waals surface area contributed by atoms with E-state index in [1.807, 2.05) is 0 Å². The monoisotopic (exact) mass is 873 g/mol. The van der Waals surface area contributed by atoms with Crippen molar-refractivity contribution in [2.75, 3.05) is 96.9 Å². The fourth-order valence-corrected chi connectivity index (χ4v) is 7.98. The number of hydrogen-bond acceptors (Lipinski definition) is 12. The third kappa shape index (κ3) is 13.3. The van der Waals surface area contributed by atoms with Gasteiger partial charge in [-0.25, -0.2) is 8.78 Å². The number of anilines is 1. The van der Waals surface area contributed by atoms with Gasteiger partial charge in [0.1, 0.15) is 6.04 Å². The number of pyridine rings is 1. The second kappa shape index (κ2) is 21.3. The molecule has 22 heteroatoms. The normalized spacial score (nSPS) is 19.5. The van der Waals surface area contributed by atoms with Gasteiger partial charge in [-0.2, -0.15) is 0 Å². The minimum absolute atomic E-state index is 0.0342. The number of carbonyl (C=O) groups is 8. The molecule has 5 N–H and O–H groups in total. The molecule has 2 aromatic rings. The lowest BCUT2D eigenvalue weighted by Crippen LogP contribution is -2.51. The largest absolute Gasteiger partial charge is 0.480 e. The number of fused-ring (bicyclic) bond motifs is 1. The molecule has 2 atom stereocenters. The van der Waals surface area contributed by atoms with Crippen LogP contribution < -0.4 is 10.6 Å². The Kier molecular flexibility index (Phi) is 16.2. The highest BCUT2D eigenvalue weighted by Gasteiger charge is 2.45.